The molecule has 0 N–H and O–H groups in total. The summed E-state index contributed by atoms with van der Waals surface area (Å²) in [5.74, 6) is 0.443. The van der Waals surface area contributed by atoms with Crippen LogP contribution in [0.15, 0.2) is 224 Å². The van der Waals surface area contributed by atoms with E-state index in [1.54, 1.807) is 0 Å². The minimum atomic E-state index is 0.443. The number of hydrogen-bond acceptors (Lipinski definition) is 1. The predicted molar refractivity (Wildman–Crippen MR) is 258 cm³/mol. The Morgan fingerprint density at radius 2 is 0.933 bits per heavy atom. The van der Waals surface area contributed by atoms with Crippen molar-refractivity contribution in [3.63, 3.8) is 0 Å². The maximum Gasteiger partial charge on any atom is 0.0540 e. The van der Waals surface area contributed by atoms with Crippen molar-refractivity contribution >= 4 is 71.3 Å². The van der Waals surface area contributed by atoms with E-state index < -0.39 is 0 Å². The molecule has 1 atom stereocenters. The van der Waals surface area contributed by atoms with Crippen LogP contribution in [0.3, 0.4) is 0 Å². The number of fused-ring (bicyclic) bond motifs is 6. The molecule has 10 aromatic rings. The Balaban J connectivity index is 1.08. The van der Waals surface area contributed by atoms with Crippen LogP contribution >= 0.6 is 0 Å². The summed E-state index contributed by atoms with van der Waals surface area (Å²) in [6.45, 7) is 2.33. The fourth-order valence-electron chi connectivity index (χ4n) is 9.54. The van der Waals surface area contributed by atoms with Gasteiger partial charge in [0.15, 0.2) is 0 Å². The minimum Gasteiger partial charge on any atom is -0.310 e. The predicted octanol–water partition coefficient (Wildman–Crippen LogP) is 16.6. The smallest absolute Gasteiger partial charge is 0.0540 e. The van der Waals surface area contributed by atoms with E-state index in [0.717, 1.165) is 23.5 Å². The number of nitrogens with zero attached hydrogens (tertiary/aromatic N) is 1. The summed E-state index contributed by atoms with van der Waals surface area (Å²) in [6.07, 6.45) is 5.73. The standard InChI is InChI=1S/C59H43N/c1-40-30-35-55(58-39-45-19-6-8-23-49(45)52-26-10-12-28-54(52)58)56(36-40)42-31-33-46(34-32-42)60(59-29-14-13-24-50(59)41-16-3-2-4-17-41)47-21-15-20-43(37-47)57-38-44-18-5-7-22-48(44)51-25-9-11-27-53(51)57/h2-35,37-40H,36H2,1H3. The summed E-state index contributed by atoms with van der Waals surface area (Å²) >= 11 is 0. The number of anilines is 3. The van der Waals surface area contributed by atoms with Gasteiger partial charge in [-0.05, 0) is 137 Å². The van der Waals surface area contributed by atoms with E-state index in [4.69, 9.17) is 0 Å². The highest BCUT2D eigenvalue weighted by Gasteiger charge is 2.22. The molecule has 0 heterocycles. The molecule has 0 saturated carbocycles. The van der Waals surface area contributed by atoms with Crippen molar-refractivity contribution < 1.29 is 0 Å². The van der Waals surface area contributed by atoms with Crippen molar-refractivity contribution in [1.29, 1.82) is 0 Å². The molecule has 0 saturated heterocycles. The van der Waals surface area contributed by atoms with Gasteiger partial charge in [-0.15, -0.1) is 0 Å². The molecule has 1 aliphatic rings. The van der Waals surface area contributed by atoms with Crippen molar-refractivity contribution in [3.8, 4) is 22.3 Å². The summed E-state index contributed by atoms with van der Waals surface area (Å²) in [5, 5.41) is 10.2. The molecule has 0 bridgehead atoms. The number of rotatable bonds is 7. The van der Waals surface area contributed by atoms with Crippen LogP contribution < -0.4 is 4.90 Å². The molecule has 0 amide bonds. The van der Waals surface area contributed by atoms with Gasteiger partial charge >= 0.3 is 0 Å². The van der Waals surface area contributed by atoms with Gasteiger partial charge in [-0.2, -0.15) is 0 Å². The van der Waals surface area contributed by atoms with Crippen LogP contribution in [0.1, 0.15) is 24.5 Å². The average Bonchev–Trinajstić information content (AvgIpc) is 3.32. The van der Waals surface area contributed by atoms with Gasteiger partial charge in [0, 0.05) is 16.9 Å². The number of allylic oxidation sites excluding steroid dienone is 4. The molecule has 0 aliphatic heterocycles. The Bertz CT molecular complexity index is 3300. The van der Waals surface area contributed by atoms with E-state index in [2.05, 4.69) is 236 Å². The van der Waals surface area contributed by atoms with Crippen molar-refractivity contribution in [3.05, 3.63) is 236 Å². The molecule has 1 aliphatic carbocycles. The topological polar surface area (TPSA) is 3.24 Å². The Kier molecular flexibility index (Phi) is 8.94. The van der Waals surface area contributed by atoms with Crippen LogP contribution in [0.25, 0.3) is 76.5 Å². The summed E-state index contributed by atoms with van der Waals surface area (Å²) in [4.78, 5) is 2.44. The summed E-state index contributed by atoms with van der Waals surface area (Å²) in [5.41, 5.74) is 13.4. The lowest BCUT2D eigenvalue weighted by molar-refractivity contribution is 0.751. The van der Waals surface area contributed by atoms with E-state index in [0.29, 0.717) is 5.92 Å². The van der Waals surface area contributed by atoms with Gasteiger partial charge in [0.05, 0.1) is 5.69 Å². The zero-order chi connectivity index (χ0) is 40.0. The van der Waals surface area contributed by atoms with Gasteiger partial charge in [0.2, 0.25) is 0 Å². The second-order valence-electron chi connectivity index (χ2n) is 16.1. The Labute approximate surface area is 351 Å². The molecular formula is C59H43N. The van der Waals surface area contributed by atoms with Crippen LogP contribution in [-0.2, 0) is 0 Å². The van der Waals surface area contributed by atoms with Crippen LogP contribution in [0.5, 0.6) is 0 Å². The first-order valence-corrected chi connectivity index (χ1v) is 21.1. The van der Waals surface area contributed by atoms with E-state index >= 15 is 0 Å². The van der Waals surface area contributed by atoms with Crippen LogP contribution in [0.4, 0.5) is 17.1 Å². The quantitative estimate of drug-likeness (QED) is 0.146. The third kappa shape index (κ3) is 6.27. The minimum absolute atomic E-state index is 0.443. The number of hydrogen-bond donors (Lipinski definition) is 0. The molecule has 0 aromatic heterocycles. The monoisotopic (exact) mass is 765 g/mol. The zero-order valence-electron chi connectivity index (χ0n) is 33.6. The molecule has 1 heteroatoms. The molecule has 0 spiro atoms. The van der Waals surface area contributed by atoms with Gasteiger partial charge in [-0.25, -0.2) is 0 Å². The highest BCUT2D eigenvalue weighted by Crippen LogP contribution is 2.45. The fourth-order valence-corrected chi connectivity index (χ4v) is 9.54. The first-order chi connectivity index (χ1) is 29.7. The first-order valence-electron chi connectivity index (χ1n) is 21.1. The molecule has 60 heavy (non-hydrogen) atoms. The van der Waals surface area contributed by atoms with Crippen molar-refractivity contribution in [2.24, 2.45) is 5.92 Å². The van der Waals surface area contributed by atoms with Gasteiger partial charge in [-0.1, -0.05) is 189 Å². The third-order valence-corrected chi connectivity index (χ3v) is 12.4. The molecular weight excluding hydrogens is 723 g/mol. The van der Waals surface area contributed by atoms with Crippen molar-refractivity contribution in [2.45, 2.75) is 13.3 Å². The average molecular weight is 766 g/mol. The highest BCUT2D eigenvalue weighted by molar-refractivity contribution is 6.16. The Hall–Kier alpha value is -7.48. The SMILES string of the molecule is CC1C=CC(c2cc3ccccc3c3ccccc23)=C(c2ccc(N(c3cccc(-c4cc5ccccc5c5ccccc45)c3)c3ccccc3-c3ccccc3)cc2)C1. The Morgan fingerprint density at radius 3 is 1.63 bits per heavy atom. The van der Waals surface area contributed by atoms with Crippen LogP contribution in [0.2, 0.25) is 0 Å². The maximum atomic E-state index is 2.44. The van der Waals surface area contributed by atoms with Gasteiger partial charge in [-0.3, -0.25) is 0 Å². The molecule has 11 rings (SSSR count). The fraction of sp³-hybridized carbons (Fsp3) is 0.0508. The van der Waals surface area contributed by atoms with Crippen molar-refractivity contribution in [2.75, 3.05) is 4.90 Å². The first kappa shape index (κ1) is 35.7. The van der Waals surface area contributed by atoms with Crippen LogP contribution in [-0.4, -0.2) is 0 Å². The highest BCUT2D eigenvalue weighted by atomic mass is 15.1. The van der Waals surface area contributed by atoms with E-state index in [-0.39, 0.29) is 0 Å². The van der Waals surface area contributed by atoms with Crippen LogP contribution in [0, 0.1) is 5.92 Å². The zero-order valence-corrected chi connectivity index (χ0v) is 33.6. The number of para-hydroxylation sites is 1. The molecule has 284 valence electrons. The largest absolute Gasteiger partial charge is 0.310 e. The Morgan fingerprint density at radius 1 is 0.383 bits per heavy atom. The van der Waals surface area contributed by atoms with Gasteiger partial charge in [0.1, 0.15) is 0 Å². The molecule has 0 fully saturated rings. The van der Waals surface area contributed by atoms with E-state index in [1.165, 1.54) is 87.6 Å². The lowest BCUT2D eigenvalue weighted by Crippen LogP contribution is -2.11. The number of benzene rings is 10. The molecule has 0 radical (unpaired) electrons. The lowest BCUT2D eigenvalue weighted by Gasteiger charge is -2.29. The van der Waals surface area contributed by atoms with E-state index in [1.807, 2.05) is 0 Å². The molecule has 1 nitrogen and oxygen atoms in total. The van der Waals surface area contributed by atoms with E-state index in [9.17, 15) is 0 Å². The maximum absolute atomic E-state index is 2.44. The molecule has 1 unspecified atom stereocenters. The summed E-state index contributed by atoms with van der Waals surface area (Å²) in [6, 6.07) is 77.9. The molecule has 10 aromatic carbocycles. The second kappa shape index (κ2) is 15.0. The third-order valence-electron chi connectivity index (χ3n) is 12.4. The lowest BCUT2D eigenvalue weighted by atomic mass is 9.82. The van der Waals surface area contributed by atoms with Crippen molar-refractivity contribution in [1.82, 2.24) is 0 Å². The summed E-state index contributed by atoms with van der Waals surface area (Å²) in [7, 11) is 0. The van der Waals surface area contributed by atoms with Gasteiger partial charge in [0.25, 0.3) is 0 Å². The summed E-state index contributed by atoms with van der Waals surface area (Å²) < 4.78 is 0. The second-order valence-corrected chi connectivity index (χ2v) is 16.1. The van der Waals surface area contributed by atoms with Gasteiger partial charge < -0.3 is 4.90 Å². The normalized spacial score (nSPS) is 14.1.